The van der Waals surface area contributed by atoms with Crippen LogP contribution in [0.25, 0.3) is 0 Å². The van der Waals surface area contributed by atoms with E-state index in [1.807, 2.05) is 18.3 Å². The molecular weight excluding hydrogens is 439 g/mol. The maximum atomic E-state index is 4.67. The summed E-state index contributed by atoms with van der Waals surface area (Å²) in [5.41, 5.74) is 1.11. The van der Waals surface area contributed by atoms with Crippen LogP contribution in [0.2, 0.25) is 0 Å². The second-order valence-corrected chi connectivity index (χ2v) is 7.55. The highest BCUT2D eigenvalue weighted by molar-refractivity contribution is 14.0. The van der Waals surface area contributed by atoms with Crippen LogP contribution in [0, 0.1) is 13.8 Å². The molecule has 0 amide bonds. The Morgan fingerprint density at radius 2 is 1.87 bits per heavy atom. The lowest BCUT2D eigenvalue weighted by atomic mass is 10.4. The van der Waals surface area contributed by atoms with Gasteiger partial charge in [0.25, 0.3) is 0 Å². The van der Waals surface area contributed by atoms with E-state index in [0.717, 1.165) is 42.7 Å². The molecule has 2 N–H and O–H groups in total. The lowest BCUT2D eigenvalue weighted by molar-refractivity contribution is 0.820. The van der Waals surface area contributed by atoms with E-state index >= 15 is 0 Å². The van der Waals surface area contributed by atoms with Crippen molar-refractivity contribution in [1.29, 1.82) is 0 Å². The Hall–Kier alpha value is -0.670. The molecule has 7 heteroatoms. The van der Waals surface area contributed by atoms with Crippen LogP contribution in [0.5, 0.6) is 0 Å². The number of halogens is 1. The summed E-state index contributed by atoms with van der Waals surface area (Å²) in [6, 6.07) is 4.37. The van der Waals surface area contributed by atoms with E-state index < -0.39 is 0 Å². The van der Waals surface area contributed by atoms with Crippen molar-refractivity contribution in [3.8, 4) is 0 Å². The fourth-order valence-corrected chi connectivity index (χ4v) is 3.86. The van der Waals surface area contributed by atoms with Crippen molar-refractivity contribution in [3.05, 3.63) is 37.5 Å². The highest BCUT2D eigenvalue weighted by Crippen LogP contribution is 2.18. The Bertz CT molecular complexity index is 634. The van der Waals surface area contributed by atoms with Gasteiger partial charge in [0.1, 0.15) is 0 Å². The third-order valence-corrected chi connectivity index (χ3v) is 5.51. The second-order valence-electron chi connectivity index (χ2n) is 5.01. The molecule has 0 fully saturated rings. The summed E-state index contributed by atoms with van der Waals surface area (Å²) >= 11 is 3.58. The number of hydrogen-bond acceptors (Lipinski definition) is 4. The molecule has 0 saturated carbocycles. The number of aryl methyl sites for hydroxylation is 3. The first-order chi connectivity index (χ1) is 10.6. The van der Waals surface area contributed by atoms with Crippen LogP contribution in [0.3, 0.4) is 0 Å². The van der Waals surface area contributed by atoms with Gasteiger partial charge in [-0.2, -0.15) is 0 Å². The van der Waals surface area contributed by atoms with Crippen molar-refractivity contribution < 1.29 is 0 Å². The molecule has 0 radical (unpaired) electrons. The molecule has 0 aliphatic carbocycles. The number of guanidine groups is 1. The quantitative estimate of drug-likeness (QED) is 0.382. The van der Waals surface area contributed by atoms with E-state index in [-0.39, 0.29) is 24.0 Å². The van der Waals surface area contributed by atoms with Gasteiger partial charge in [-0.1, -0.05) is 6.92 Å². The first kappa shape index (κ1) is 20.4. The molecule has 0 aliphatic rings. The first-order valence-corrected chi connectivity index (χ1v) is 9.28. The van der Waals surface area contributed by atoms with Crippen LogP contribution in [0.15, 0.2) is 17.1 Å². The molecule has 0 bridgehead atoms. The second kappa shape index (κ2) is 10.2. The van der Waals surface area contributed by atoms with Crippen LogP contribution < -0.4 is 10.6 Å². The minimum Gasteiger partial charge on any atom is -0.357 e. The molecule has 23 heavy (non-hydrogen) atoms. The van der Waals surface area contributed by atoms with E-state index in [2.05, 4.69) is 53.5 Å². The molecule has 2 heterocycles. The predicted molar refractivity (Wildman–Crippen MR) is 112 cm³/mol. The minimum absolute atomic E-state index is 0. The summed E-state index contributed by atoms with van der Waals surface area (Å²) in [7, 11) is 0. The zero-order valence-electron chi connectivity index (χ0n) is 14.1. The molecule has 0 spiro atoms. The standard InChI is InChI=1S/C16H24N4S2.HI/c1-5-13-7-8-14(22-13)9-18-16(17-6-2)19-10-15-11(3)20-12(4)21-15;/h7-8H,5-6,9-10H2,1-4H3,(H2,17,18,19);1H. The fraction of sp³-hybridized carbons (Fsp3) is 0.500. The predicted octanol–water partition coefficient (Wildman–Crippen LogP) is 4.26. The molecule has 0 saturated heterocycles. The summed E-state index contributed by atoms with van der Waals surface area (Å²) in [5, 5.41) is 7.81. The third kappa shape index (κ3) is 6.39. The smallest absolute Gasteiger partial charge is 0.191 e. The molecule has 0 aliphatic heterocycles. The average molecular weight is 464 g/mol. The monoisotopic (exact) mass is 464 g/mol. The van der Waals surface area contributed by atoms with E-state index in [9.17, 15) is 0 Å². The van der Waals surface area contributed by atoms with Crippen molar-refractivity contribution >= 4 is 52.6 Å². The Kier molecular flexibility index (Phi) is 9.08. The average Bonchev–Trinajstić information content (AvgIpc) is 3.08. The minimum atomic E-state index is 0. The molecule has 0 aromatic carbocycles. The highest BCUT2D eigenvalue weighted by atomic mass is 127. The van der Waals surface area contributed by atoms with Gasteiger partial charge in [0.15, 0.2) is 5.96 Å². The molecule has 2 aromatic rings. The number of nitrogens with one attached hydrogen (secondary N) is 2. The summed E-state index contributed by atoms with van der Waals surface area (Å²) in [6.45, 7) is 10.7. The number of thiazole rings is 1. The summed E-state index contributed by atoms with van der Waals surface area (Å²) in [4.78, 5) is 13.1. The Labute approximate surface area is 163 Å². The van der Waals surface area contributed by atoms with Crippen LogP contribution in [0.4, 0.5) is 0 Å². The Morgan fingerprint density at radius 3 is 2.43 bits per heavy atom. The van der Waals surface area contributed by atoms with Crippen molar-refractivity contribution in [2.45, 2.75) is 47.2 Å². The Morgan fingerprint density at radius 1 is 1.13 bits per heavy atom. The number of aliphatic imine (C=N–C) groups is 1. The van der Waals surface area contributed by atoms with Gasteiger partial charge in [-0.25, -0.2) is 9.98 Å². The van der Waals surface area contributed by atoms with Gasteiger partial charge >= 0.3 is 0 Å². The van der Waals surface area contributed by atoms with Gasteiger partial charge in [0.2, 0.25) is 0 Å². The SMILES string of the molecule is CCNC(=NCc1ccc(CC)s1)NCc1sc(C)nc1C.I. The third-order valence-electron chi connectivity index (χ3n) is 3.22. The molecule has 4 nitrogen and oxygen atoms in total. The van der Waals surface area contributed by atoms with Crippen molar-refractivity contribution in [3.63, 3.8) is 0 Å². The number of hydrogen-bond donors (Lipinski definition) is 2. The zero-order valence-corrected chi connectivity index (χ0v) is 18.1. The largest absolute Gasteiger partial charge is 0.357 e. The number of rotatable bonds is 6. The van der Waals surface area contributed by atoms with Crippen LogP contribution >= 0.6 is 46.7 Å². The van der Waals surface area contributed by atoms with Crippen LogP contribution in [0.1, 0.15) is 39.2 Å². The number of aromatic nitrogens is 1. The summed E-state index contributed by atoms with van der Waals surface area (Å²) in [6.07, 6.45) is 1.09. The fourth-order valence-electron chi connectivity index (χ4n) is 2.10. The molecular formula is C16H25IN4S2. The summed E-state index contributed by atoms with van der Waals surface area (Å²) in [5.74, 6) is 0.861. The van der Waals surface area contributed by atoms with Crippen molar-refractivity contribution in [2.24, 2.45) is 4.99 Å². The van der Waals surface area contributed by atoms with E-state index in [1.54, 1.807) is 11.3 Å². The molecule has 0 atom stereocenters. The van der Waals surface area contributed by atoms with Gasteiger partial charge < -0.3 is 10.6 Å². The normalized spacial score (nSPS) is 11.2. The maximum Gasteiger partial charge on any atom is 0.191 e. The lowest BCUT2D eigenvalue weighted by Crippen LogP contribution is -2.36. The van der Waals surface area contributed by atoms with Crippen LogP contribution in [-0.4, -0.2) is 17.5 Å². The van der Waals surface area contributed by atoms with Crippen LogP contribution in [-0.2, 0) is 19.5 Å². The topological polar surface area (TPSA) is 49.3 Å². The molecule has 2 aromatic heterocycles. The van der Waals surface area contributed by atoms with E-state index in [0.29, 0.717) is 0 Å². The van der Waals surface area contributed by atoms with Gasteiger partial charge in [-0.15, -0.1) is 46.7 Å². The van der Waals surface area contributed by atoms with Crippen molar-refractivity contribution in [1.82, 2.24) is 15.6 Å². The number of nitrogens with zero attached hydrogens (tertiary/aromatic N) is 2. The van der Waals surface area contributed by atoms with E-state index in [1.165, 1.54) is 14.6 Å². The van der Waals surface area contributed by atoms with Gasteiger partial charge in [0, 0.05) is 21.2 Å². The lowest BCUT2D eigenvalue weighted by Gasteiger charge is -2.10. The summed E-state index contributed by atoms with van der Waals surface area (Å²) < 4.78 is 0. The van der Waals surface area contributed by atoms with Gasteiger partial charge in [-0.3, -0.25) is 0 Å². The maximum absolute atomic E-state index is 4.67. The zero-order chi connectivity index (χ0) is 15.9. The molecule has 128 valence electrons. The van der Waals surface area contributed by atoms with Gasteiger partial charge in [-0.05, 0) is 39.3 Å². The number of thiophene rings is 1. The molecule has 2 rings (SSSR count). The first-order valence-electron chi connectivity index (χ1n) is 7.65. The van der Waals surface area contributed by atoms with Crippen molar-refractivity contribution in [2.75, 3.05) is 6.54 Å². The van der Waals surface area contributed by atoms with Gasteiger partial charge in [0.05, 0.1) is 23.8 Å². The molecule has 0 unspecified atom stereocenters. The highest BCUT2D eigenvalue weighted by Gasteiger charge is 2.06. The Balaban J connectivity index is 0.00000264. The van der Waals surface area contributed by atoms with E-state index in [4.69, 9.17) is 0 Å².